The average molecular weight is 247 g/mol. The fourth-order valence-corrected chi connectivity index (χ4v) is 1.87. The van der Waals surface area contributed by atoms with Crippen LogP contribution < -0.4 is 5.43 Å². The van der Waals surface area contributed by atoms with E-state index >= 15 is 0 Å². The maximum absolute atomic E-state index is 4.40. The Morgan fingerprint density at radius 2 is 1.83 bits per heavy atom. The number of hydrazone groups is 1. The van der Waals surface area contributed by atoms with Gasteiger partial charge in [-0.3, -0.25) is 0 Å². The molecule has 1 rings (SSSR count). The molecule has 0 aliphatic rings. The van der Waals surface area contributed by atoms with Gasteiger partial charge < -0.3 is 10.3 Å². The van der Waals surface area contributed by atoms with E-state index < -0.39 is 0 Å². The predicted molar refractivity (Wildman–Crippen MR) is 79.0 cm³/mol. The third-order valence-electron chi connectivity index (χ3n) is 3.01. The smallest absolute Gasteiger partial charge is 0.0457 e. The van der Waals surface area contributed by atoms with Crippen LogP contribution in [0, 0.1) is 0 Å². The van der Waals surface area contributed by atoms with Gasteiger partial charge in [-0.05, 0) is 25.6 Å². The summed E-state index contributed by atoms with van der Waals surface area (Å²) in [7, 11) is 0. The van der Waals surface area contributed by atoms with Crippen molar-refractivity contribution in [3.8, 4) is 0 Å². The van der Waals surface area contributed by atoms with Crippen LogP contribution >= 0.6 is 0 Å². The Morgan fingerprint density at radius 3 is 2.44 bits per heavy atom. The topological polar surface area (TPSA) is 27.6 Å². The second-order valence-electron chi connectivity index (χ2n) is 4.44. The van der Waals surface area contributed by atoms with Gasteiger partial charge in [-0.1, -0.05) is 44.2 Å². The van der Waals surface area contributed by atoms with Crippen LogP contribution in [0.3, 0.4) is 0 Å². The minimum Gasteiger partial charge on any atom is -0.309 e. The van der Waals surface area contributed by atoms with Crippen molar-refractivity contribution in [2.24, 2.45) is 5.10 Å². The van der Waals surface area contributed by atoms with E-state index in [0.717, 1.165) is 38.3 Å². The van der Waals surface area contributed by atoms with Crippen LogP contribution in [-0.4, -0.2) is 36.8 Å². The number of likely N-dealkylation sites (N-methyl/N-ethyl adjacent to an activating group) is 1. The van der Waals surface area contributed by atoms with Crippen molar-refractivity contribution >= 4 is 5.71 Å². The summed E-state index contributed by atoms with van der Waals surface area (Å²) in [6, 6.07) is 10.4. The van der Waals surface area contributed by atoms with Gasteiger partial charge in [-0.15, -0.1) is 0 Å². The maximum atomic E-state index is 4.40. The SMILES string of the molecule is CCN(CC)CCN/N=C(/C)Cc1ccccc1. The molecule has 0 radical (unpaired) electrons. The summed E-state index contributed by atoms with van der Waals surface area (Å²) >= 11 is 0. The summed E-state index contributed by atoms with van der Waals surface area (Å²) in [5.41, 5.74) is 5.59. The molecule has 1 aromatic rings. The molecule has 100 valence electrons. The molecule has 0 saturated heterocycles. The number of hydrogen-bond donors (Lipinski definition) is 1. The molecule has 0 aliphatic carbocycles. The van der Waals surface area contributed by atoms with Gasteiger partial charge in [0.1, 0.15) is 0 Å². The van der Waals surface area contributed by atoms with Crippen molar-refractivity contribution in [1.29, 1.82) is 0 Å². The fourth-order valence-electron chi connectivity index (χ4n) is 1.87. The molecular weight excluding hydrogens is 222 g/mol. The van der Waals surface area contributed by atoms with Crippen LogP contribution in [0.2, 0.25) is 0 Å². The average Bonchev–Trinajstić information content (AvgIpc) is 2.40. The van der Waals surface area contributed by atoms with Gasteiger partial charge in [0.25, 0.3) is 0 Å². The fraction of sp³-hybridized carbons (Fsp3) is 0.533. The van der Waals surface area contributed by atoms with Gasteiger partial charge in [0.15, 0.2) is 0 Å². The van der Waals surface area contributed by atoms with Crippen molar-refractivity contribution < 1.29 is 0 Å². The summed E-state index contributed by atoms with van der Waals surface area (Å²) in [6.45, 7) is 10.6. The van der Waals surface area contributed by atoms with Crippen LogP contribution in [0.4, 0.5) is 0 Å². The lowest BCUT2D eigenvalue weighted by Gasteiger charge is -2.17. The van der Waals surface area contributed by atoms with Crippen LogP contribution in [0.25, 0.3) is 0 Å². The van der Waals surface area contributed by atoms with E-state index in [1.807, 2.05) is 6.07 Å². The molecule has 0 aliphatic heterocycles. The molecule has 0 fully saturated rings. The van der Waals surface area contributed by atoms with Crippen molar-refractivity contribution in [3.63, 3.8) is 0 Å². The highest BCUT2D eigenvalue weighted by molar-refractivity contribution is 5.83. The monoisotopic (exact) mass is 247 g/mol. The zero-order valence-electron chi connectivity index (χ0n) is 11.8. The molecule has 1 aromatic carbocycles. The predicted octanol–water partition coefficient (Wildman–Crippen LogP) is 2.54. The molecule has 0 atom stereocenters. The number of rotatable bonds is 8. The maximum Gasteiger partial charge on any atom is 0.0457 e. The van der Waals surface area contributed by atoms with E-state index in [9.17, 15) is 0 Å². The van der Waals surface area contributed by atoms with Crippen LogP contribution in [-0.2, 0) is 6.42 Å². The third-order valence-corrected chi connectivity index (χ3v) is 3.01. The number of benzene rings is 1. The molecule has 0 spiro atoms. The minimum absolute atomic E-state index is 0.911. The Bertz CT molecular complexity index is 342. The van der Waals surface area contributed by atoms with E-state index in [1.54, 1.807) is 0 Å². The van der Waals surface area contributed by atoms with E-state index in [2.05, 4.69) is 60.5 Å². The van der Waals surface area contributed by atoms with Crippen LogP contribution in [0.15, 0.2) is 35.4 Å². The molecule has 0 unspecified atom stereocenters. The first-order valence-corrected chi connectivity index (χ1v) is 6.78. The molecule has 18 heavy (non-hydrogen) atoms. The molecular formula is C15H25N3. The largest absolute Gasteiger partial charge is 0.309 e. The Hall–Kier alpha value is -1.35. The van der Waals surface area contributed by atoms with Gasteiger partial charge in [-0.2, -0.15) is 5.10 Å². The van der Waals surface area contributed by atoms with E-state index in [1.165, 1.54) is 5.56 Å². The van der Waals surface area contributed by atoms with Crippen molar-refractivity contribution in [3.05, 3.63) is 35.9 Å². The first kappa shape index (κ1) is 14.7. The van der Waals surface area contributed by atoms with E-state index in [0.29, 0.717) is 0 Å². The highest BCUT2D eigenvalue weighted by Crippen LogP contribution is 2.00. The molecule has 0 bridgehead atoms. The highest BCUT2D eigenvalue weighted by Gasteiger charge is 1.97. The van der Waals surface area contributed by atoms with Crippen molar-refractivity contribution in [1.82, 2.24) is 10.3 Å². The quantitative estimate of drug-likeness (QED) is 0.434. The van der Waals surface area contributed by atoms with Crippen molar-refractivity contribution in [2.75, 3.05) is 26.2 Å². The second kappa shape index (κ2) is 8.70. The first-order chi connectivity index (χ1) is 8.76. The Morgan fingerprint density at radius 1 is 1.17 bits per heavy atom. The second-order valence-corrected chi connectivity index (χ2v) is 4.44. The molecule has 0 heterocycles. The van der Waals surface area contributed by atoms with E-state index in [4.69, 9.17) is 0 Å². The van der Waals surface area contributed by atoms with Gasteiger partial charge >= 0.3 is 0 Å². The Kier molecular flexibility index (Phi) is 7.11. The Labute approximate surface area is 111 Å². The van der Waals surface area contributed by atoms with Gasteiger partial charge in [0, 0.05) is 25.2 Å². The standard InChI is InChI=1S/C15H25N3/c1-4-18(5-2)12-11-16-17-14(3)13-15-9-7-6-8-10-15/h6-10,16H,4-5,11-13H2,1-3H3/b17-14-. The zero-order chi connectivity index (χ0) is 13.2. The number of nitrogens with zero attached hydrogens (tertiary/aromatic N) is 2. The molecule has 3 heteroatoms. The summed E-state index contributed by atoms with van der Waals surface area (Å²) in [5.74, 6) is 0. The lowest BCUT2D eigenvalue weighted by atomic mass is 10.1. The lowest BCUT2D eigenvalue weighted by molar-refractivity contribution is 0.303. The van der Waals surface area contributed by atoms with Gasteiger partial charge in [-0.25, -0.2) is 0 Å². The first-order valence-electron chi connectivity index (χ1n) is 6.78. The highest BCUT2D eigenvalue weighted by atomic mass is 15.3. The summed E-state index contributed by atoms with van der Waals surface area (Å²) < 4.78 is 0. The Balaban J connectivity index is 2.26. The lowest BCUT2D eigenvalue weighted by Crippen LogP contribution is -2.30. The van der Waals surface area contributed by atoms with Gasteiger partial charge in [0.05, 0.1) is 0 Å². The normalized spacial score (nSPS) is 11.9. The van der Waals surface area contributed by atoms with Gasteiger partial charge in [0.2, 0.25) is 0 Å². The van der Waals surface area contributed by atoms with Crippen LogP contribution in [0.5, 0.6) is 0 Å². The number of hydrogen-bond acceptors (Lipinski definition) is 3. The minimum atomic E-state index is 0.911. The zero-order valence-corrected chi connectivity index (χ0v) is 11.8. The summed E-state index contributed by atoms with van der Waals surface area (Å²) in [6.07, 6.45) is 0.916. The number of nitrogens with one attached hydrogen (secondary N) is 1. The van der Waals surface area contributed by atoms with Crippen LogP contribution in [0.1, 0.15) is 26.3 Å². The third kappa shape index (κ3) is 5.82. The molecule has 0 amide bonds. The molecule has 0 saturated carbocycles. The molecule has 0 aromatic heterocycles. The van der Waals surface area contributed by atoms with Crippen molar-refractivity contribution in [2.45, 2.75) is 27.2 Å². The van der Waals surface area contributed by atoms with E-state index in [-0.39, 0.29) is 0 Å². The summed E-state index contributed by atoms with van der Waals surface area (Å²) in [4.78, 5) is 2.38. The molecule has 3 nitrogen and oxygen atoms in total. The summed E-state index contributed by atoms with van der Waals surface area (Å²) in [5, 5.41) is 4.40. The molecule has 1 N–H and O–H groups in total.